The summed E-state index contributed by atoms with van der Waals surface area (Å²) in [4.78, 5) is 0. The normalized spacial score (nSPS) is 10.0. The number of benzene rings is 2. The molecule has 0 unspecified atom stereocenters. The third-order valence-electron chi connectivity index (χ3n) is 2.36. The van der Waals surface area contributed by atoms with E-state index in [0.717, 1.165) is 21.6 Å². The Balaban J connectivity index is 2.29. The summed E-state index contributed by atoms with van der Waals surface area (Å²) in [6, 6.07) is 13.4. The van der Waals surface area contributed by atoms with E-state index in [1.807, 2.05) is 42.5 Å². The van der Waals surface area contributed by atoms with Gasteiger partial charge in [-0.3, -0.25) is 0 Å². The summed E-state index contributed by atoms with van der Waals surface area (Å²) in [5, 5.41) is 3.25. The third-order valence-corrected chi connectivity index (χ3v) is 2.86. The van der Waals surface area contributed by atoms with Crippen LogP contribution in [0.3, 0.4) is 0 Å². The van der Waals surface area contributed by atoms with Crippen molar-refractivity contribution in [1.82, 2.24) is 0 Å². The molecule has 0 spiro atoms. The van der Waals surface area contributed by atoms with Gasteiger partial charge in [0.05, 0.1) is 18.5 Å². The second-order valence-electron chi connectivity index (χ2n) is 3.59. The molecule has 0 heterocycles. The van der Waals surface area contributed by atoms with E-state index in [4.69, 9.17) is 10.5 Å². The first kappa shape index (κ1) is 11.8. The van der Waals surface area contributed by atoms with Crippen molar-refractivity contribution in [1.29, 1.82) is 0 Å². The van der Waals surface area contributed by atoms with Gasteiger partial charge in [0, 0.05) is 16.2 Å². The smallest absolute Gasteiger partial charge is 0.121 e. The van der Waals surface area contributed by atoms with Gasteiger partial charge in [0.1, 0.15) is 5.75 Å². The van der Waals surface area contributed by atoms with Gasteiger partial charge in [-0.05, 0) is 30.3 Å². The first-order valence-electron chi connectivity index (χ1n) is 5.15. The molecule has 0 aliphatic heterocycles. The Bertz CT molecular complexity index is 529. The Labute approximate surface area is 109 Å². The van der Waals surface area contributed by atoms with Crippen molar-refractivity contribution < 1.29 is 4.74 Å². The molecule has 3 nitrogen and oxygen atoms in total. The molecule has 0 atom stereocenters. The van der Waals surface area contributed by atoms with Gasteiger partial charge in [-0.15, -0.1) is 0 Å². The SMILES string of the molecule is COc1ccc(N)c(Nc2cccc(Br)c2)c1. The van der Waals surface area contributed by atoms with E-state index >= 15 is 0 Å². The summed E-state index contributed by atoms with van der Waals surface area (Å²) >= 11 is 3.43. The van der Waals surface area contributed by atoms with Crippen LogP contribution in [0.15, 0.2) is 46.9 Å². The number of ether oxygens (including phenoxy) is 1. The van der Waals surface area contributed by atoms with E-state index in [9.17, 15) is 0 Å². The number of nitrogens with one attached hydrogen (secondary N) is 1. The molecule has 0 saturated carbocycles. The van der Waals surface area contributed by atoms with Crippen molar-refractivity contribution in [2.24, 2.45) is 0 Å². The number of hydrogen-bond donors (Lipinski definition) is 2. The molecule has 0 aliphatic carbocycles. The Morgan fingerprint density at radius 3 is 2.71 bits per heavy atom. The lowest BCUT2D eigenvalue weighted by atomic mass is 10.2. The van der Waals surface area contributed by atoms with E-state index in [-0.39, 0.29) is 0 Å². The molecule has 0 fully saturated rings. The van der Waals surface area contributed by atoms with Gasteiger partial charge in [0.15, 0.2) is 0 Å². The Morgan fingerprint density at radius 1 is 1.18 bits per heavy atom. The number of halogens is 1. The largest absolute Gasteiger partial charge is 0.497 e. The van der Waals surface area contributed by atoms with Crippen LogP contribution in [0.1, 0.15) is 0 Å². The highest BCUT2D eigenvalue weighted by atomic mass is 79.9. The highest BCUT2D eigenvalue weighted by molar-refractivity contribution is 9.10. The highest BCUT2D eigenvalue weighted by Crippen LogP contribution is 2.28. The van der Waals surface area contributed by atoms with Gasteiger partial charge >= 0.3 is 0 Å². The maximum absolute atomic E-state index is 5.90. The van der Waals surface area contributed by atoms with E-state index in [1.54, 1.807) is 7.11 Å². The van der Waals surface area contributed by atoms with Crippen LogP contribution >= 0.6 is 15.9 Å². The quantitative estimate of drug-likeness (QED) is 0.847. The molecule has 2 aromatic carbocycles. The number of nitrogens with two attached hydrogens (primary N) is 1. The number of methoxy groups -OCH3 is 1. The average Bonchev–Trinajstić information content (AvgIpc) is 2.32. The first-order valence-corrected chi connectivity index (χ1v) is 5.94. The molecule has 3 N–H and O–H groups in total. The van der Waals surface area contributed by atoms with Gasteiger partial charge in [0.2, 0.25) is 0 Å². The molecular weight excluding hydrogens is 280 g/mol. The molecule has 2 aromatic rings. The molecule has 0 radical (unpaired) electrons. The second-order valence-corrected chi connectivity index (χ2v) is 4.50. The minimum Gasteiger partial charge on any atom is -0.497 e. The molecule has 17 heavy (non-hydrogen) atoms. The maximum atomic E-state index is 5.90. The fourth-order valence-corrected chi connectivity index (χ4v) is 1.89. The predicted octanol–water partition coefficient (Wildman–Crippen LogP) is 3.78. The number of rotatable bonds is 3. The molecular formula is C13H13BrN2O. The summed E-state index contributed by atoms with van der Waals surface area (Å²) in [5.41, 5.74) is 8.39. The Kier molecular flexibility index (Phi) is 3.54. The summed E-state index contributed by atoms with van der Waals surface area (Å²) in [7, 11) is 1.63. The van der Waals surface area contributed by atoms with Gasteiger partial charge in [-0.25, -0.2) is 0 Å². The van der Waals surface area contributed by atoms with Crippen LogP contribution in [0.2, 0.25) is 0 Å². The molecule has 0 aliphatic rings. The summed E-state index contributed by atoms with van der Waals surface area (Å²) in [5.74, 6) is 0.775. The Hall–Kier alpha value is -1.68. The lowest BCUT2D eigenvalue weighted by Gasteiger charge is -2.11. The van der Waals surface area contributed by atoms with E-state index in [2.05, 4.69) is 21.2 Å². The number of nitrogen functional groups attached to an aromatic ring is 1. The zero-order chi connectivity index (χ0) is 12.3. The fourth-order valence-electron chi connectivity index (χ4n) is 1.49. The van der Waals surface area contributed by atoms with E-state index < -0.39 is 0 Å². The number of anilines is 3. The van der Waals surface area contributed by atoms with Crippen molar-refractivity contribution in [3.8, 4) is 5.75 Å². The van der Waals surface area contributed by atoms with Crippen LogP contribution in [0, 0.1) is 0 Å². The highest BCUT2D eigenvalue weighted by Gasteiger charge is 2.02. The monoisotopic (exact) mass is 292 g/mol. The molecule has 4 heteroatoms. The minimum atomic E-state index is 0.686. The summed E-state index contributed by atoms with van der Waals surface area (Å²) < 4.78 is 6.18. The maximum Gasteiger partial charge on any atom is 0.121 e. The molecule has 88 valence electrons. The van der Waals surface area contributed by atoms with E-state index in [1.165, 1.54) is 0 Å². The molecule has 2 rings (SSSR count). The fraction of sp³-hybridized carbons (Fsp3) is 0.0769. The van der Waals surface area contributed by atoms with E-state index in [0.29, 0.717) is 5.69 Å². The van der Waals surface area contributed by atoms with Gasteiger partial charge in [-0.1, -0.05) is 22.0 Å². The zero-order valence-corrected chi connectivity index (χ0v) is 11.0. The standard InChI is InChI=1S/C13H13BrN2O/c1-17-11-5-6-12(15)13(8-11)16-10-4-2-3-9(14)7-10/h2-8,16H,15H2,1H3. The number of hydrogen-bond acceptors (Lipinski definition) is 3. The molecule has 0 saturated heterocycles. The van der Waals surface area contributed by atoms with Crippen LogP contribution in [-0.4, -0.2) is 7.11 Å². The predicted molar refractivity (Wildman–Crippen MR) is 74.8 cm³/mol. The van der Waals surface area contributed by atoms with Crippen molar-refractivity contribution in [2.45, 2.75) is 0 Å². The van der Waals surface area contributed by atoms with Gasteiger partial charge in [0.25, 0.3) is 0 Å². The van der Waals surface area contributed by atoms with Crippen molar-refractivity contribution >= 4 is 33.0 Å². The Morgan fingerprint density at radius 2 is 2.00 bits per heavy atom. The minimum absolute atomic E-state index is 0.686. The van der Waals surface area contributed by atoms with Crippen LogP contribution in [0.4, 0.5) is 17.1 Å². The van der Waals surface area contributed by atoms with Crippen LogP contribution in [0.25, 0.3) is 0 Å². The zero-order valence-electron chi connectivity index (χ0n) is 9.41. The van der Waals surface area contributed by atoms with Crippen LogP contribution < -0.4 is 15.8 Å². The van der Waals surface area contributed by atoms with Crippen molar-refractivity contribution in [3.63, 3.8) is 0 Å². The molecule has 0 bridgehead atoms. The third kappa shape index (κ3) is 2.91. The van der Waals surface area contributed by atoms with Gasteiger partial charge in [-0.2, -0.15) is 0 Å². The van der Waals surface area contributed by atoms with Crippen molar-refractivity contribution in [3.05, 3.63) is 46.9 Å². The molecule has 0 amide bonds. The topological polar surface area (TPSA) is 47.3 Å². The van der Waals surface area contributed by atoms with Crippen LogP contribution in [-0.2, 0) is 0 Å². The second kappa shape index (κ2) is 5.10. The lowest BCUT2D eigenvalue weighted by molar-refractivity contribution is 0.415. The average molecular weight is 293 g/mol. The summed E-state index contributed by atoms with van der Waals surface area (Å²) in [6.07, 6.45) is 0. The molecule has 0 aromatic heterocycles. The first-order chi connectivity index (χ1) is 8.19. The van der Waals surface area contributed by atoms with Crippen molar-refractivity contribution in [2.75, 3.05) is 18.2 Å². The van der Waals surface area contributed by atoms with Crippen LogP contribution in [0.5, 0.6) is 5.75 Å². The lowest BCUT2D eigenvalue weighted by Crippen LogP contribution is -1.97. The summed E-state index contributed by atoms with van der Waals surface area (Å²) in [6.45, 7) is 0. The van der Waals surface area contributed by atoms with Gasteiger partial charge < -0.3 is 15.8 Å².